The second kappa shape index (κ2) is 4.31. The first-order valence-corrected chi connectivity index (χ1v) is 5.99. The average molecular weight is 264 g/mol. The van der Waals surface area contributed by atoms with Crippen molar-refractivity contribution in [3.63, 3.8) is 0 Å². The van der Waals surface area contributed by atoms with Crippen molar-refractivity contribution in [2.24, 2.45) is 0 Å². The van der Waals surface area contributed by atoms with Crippen LogP contribution in [0.25, 0.3) is 5.65 Å². The van der Waals surface area contributed by atoms with Crippen LogP contribution in [0.3, 0.4) is 0 Å². The maximum absolute atomic E-state index is 5.67. The molecule has 0 saturated heterocycles. The Bertz CT molecular complexity index is 651. The van der Waals surface area contributed by atoms with Crippen LogP contribution in [-0.4, -0.2) is 24.8 Å². The Morgan fingerprint density at radius 1 is 1.00 bits per heavy atom. The van der Waals surface area contributed by atoms with E-state index in [0.717, 1.165) is 15.8 Å². The average Bonchev–Trinajstić information content (AvgIpc) is 2.76. The minimum Gasteiger partial charge on any atom is -0.277 e. The van der Waals surface area contributed by atoms with Crippen LogP contribution in [0.1, 0.15) is 0 Å². The van der Waals surface area contributed by atoms with Crippen molar-refractivity contribution < 1.29 is 0 Å². The first-order valence-electron chi connectivity index (χ1n) is 4.80. The Hall–Kier alpha value is -1.66. The number of hydrogen-bond donors (Lipinski definition) is 0. The standard InChI is InChI=1S/C10H6ClN5S/c11-7-4-5-9(14-12-7)17-10-15-13-8-3-1-2-6-16(8)10/h1-6H. The zero-order valence-electron chi connectivity index (χ0n) is 8.49. The highest BCUT2D eigenvalue weighted by atomic mass is 35.5. The van der Waals surface area contributed by atoms with Crippen LogP contribution in [0.15, 0.2) is 46.7 Å². The van der Waals surface area contributed by atoms with E-state index < -0.39 is 0 Å². The number of nitrogens with zero attached hydrogens (tertiary/aromatic N) is 5. The smallest absolute Gasteiger partial charge is 0.201 e. The molecule has 0 aliphatic rings. The molecular weight excluding hydrogens is 258 g/mol. The third-order valence-electron chi connectivity index (χ3n) is 2.09. The highest BCUT2D eigenvalue weighted by Gasteiger charge is 2.07. The van der Waals surface area contributed by atoms with Crippen LogP contribution < -0.4 is 0 Å². The van der Waals surface area contributed by atoms with Gasteiger partial charge in [0.2, 0.25) is 5.16 Å². The van der Waals surface area contributed by atoms with E-state index in [-0.39, 0.29) is 0 Å². The number of aromatic nitrogens is 5. The van der Waals surface area contributed by atoms with Gasteiger partial charge in [0.25, 0.3) is 0 Å². The second-order valence-electron chi connectivity index (χ2n) is 3.21. The van der Waals surface area contributed by atoms with E-state index in [1.54, 1.807) is 12.1 Å². The van der Waals surface area contributed by atoms with Gasteiger partial charge in [0, 0.05) is 6.20 Å². The van der Waals surface area contributed by atoms with Crippen molar-refractivity contribution in [2.75, 3.05) is 0 Å². The van der Waals surface area contributed by atoms with E-state index in [1.807, 2.05) is 28.8 Å². The zero-order valence-corrected chi connectivity index (χ0v) is 10.1. The SMILES string of the molecule is Clc1ccc(Sc2nnc3ccccn23)nn1. The van der Waals surface area contributed by atoms with Crippen LogP contribution in [0.5, 0.6) is 0 Å². The number of fused-ring (bicyclic) bond motifs is 1. The first-order chi connectivity index (χ1) is 8.33. The lowest BCUT2D eigenvalue weighted by Gasteiger charge is -1.97. The summed E-state index contributed by atoms with van der Waals surface area (Å²) in [4.78, 5) is 0. The summed E-state index contributed by atoms with van der Waals surface area (Å²) in [5.74, 6) is 0. The van der Waals surface area contributed by atoms with Crippen molar-refractivity contribution in [1.29, 1.82) is 0 Å². The van der Waals surface area contributed by atoms with Gasteiger partial charge < -0.3 is 0 Å². The number of rotatable bonds is 2. The molecule has 0 fully saturated rings. The molecule has 7 heteroatoms. The summed E-state index contributed by atoms with van der Waals surface area (Å²) < 4.78 is 1.89. The van der Waals surface area contributed by atoms with Crippen molar-refractivity contribution in [3.05, 3.63) is 41.7 Å². The fraction of sp³-hybridized carbons (Fsp3) is 0. The van der Waals surface area contributed by atoms with E-state index in [1.165, 1.54) is 11.8 Å². The molecule has 5 nitrogen and oxygen atoms in total. The lowest BCUT2D eigenvalue weighted by molar-refractivity contribution is 0.894. The molecular formula is C10H6ClN5S. The van der Waals surface area contributed by atoms with Gasteiger partial charge in [-0.1, -0.05) is 17.7 Å². The van der Waals surface area contributed by atoms with Crippen molar-refractivity contribution >= 4 is 29.0 Å². The van der Waals surface area contributed by atoms with Gasteiger partial charge in [-0.05, 0) is 36.0 Å². The van der Waals surface area contributed by atoms with Gasteiger partial charge in [-0.2, -0.15) is 0 Å². The molecule has 0 aliphatic heterocycles. The van der Waals surface area contributed by atoms with Crippen LogP contribution in [-0.2, 0) is 0 Å². The van der Waals surface area contributed by atoms with E-state index in [4.69, 9.17) is 11.6 Å². The largest absolute Gasteiger partial charge is 0.277 e. The topological polar surface area (TPSA) is 56.0 Å². The summed E-state index contributed by atoms with van der Waals surface area (Å²) in [5, 5.41) is 17.7. The lowest BCUT2D eigenvalue weighted by Crippen LogP contribution is -1.89. The maximum Gasteiger partial charge on any atom is 0.201 e. The third kappa shape index (κ3) is 2.09. The molecule has 3 rings (SSSR count). The molecule has 0 spiro atoms. The summed E-state index contributed by atoms with van der Waals surface area (Å²) >= 11 is 7.06. The van der Waals surface area contributed by atoms with E-state index in [9.17, 15) is 0 Å². The Morgan fingerprint density at radius 3 is 2.76 bits per heavy atom. The summed E-state index contributed by atoms with van der Waals surface area (Å²) in [7, 11) is 0. The number of pyridine rings is 1. The van der Waals surface area contributed by atoms with Crippen LogP contribution in [0.4, 0.5) is 0 Å². The summed E-state index contributed by atoms with van der Waals surface area (Å²) in [5.41, 5.74) is 0.803. The van der Waals surface area contributed by atoms with E-state index >= 15 is 0 Å². The minimum atomic E-state index is 0.375. The Labute approximate surface area is 106 Å². The molecule has 0 aromatic carbocycles. The predicted octanol–water partition coefficient (Wildman–Crippen LogP) is 2.32. The fourth-order valence-electron chi connectivity index (χ4n) is 1.34. The quantitative estimate of drug-likeness (QED) is 0.710. The number of halogens is 1. The molecule has 3 heterocycles. The molecule has 0 bridgehead atoms. The zero-order chi connectivity index (χ0) is 11.7. The summed E-state index contributed by atoms with van der Waals surface area (Å²) in [6, 6.07) is 9.23. The molecule has 0 radical (unpaired) electrons. The fourth-order valence-corrected chi connectivity index (χ4v) is 2.18. The molecule has 0 aliphatic carbocycles. The number of hydrogen-bond acceptors (Lipinski definition) is 5. The van der Waals surface area contributed by atoms with Crippen LogP contribution in [0, 0.1) is 0 Å². The first kappa shape index (κ1) is 10.5. The highest BCUT2D eigenvalue weighted by Crippen LogP contribution is 2.24. The predicted molar refractivity (Wildman–Crippen MR) is 64.2 cm³/mol. The van der Waals surface area contributed by atoms with E-state index in [2.05, 4.69) is 20.4 Å². The summed E-state index contributed by atoms with van der Waals surface area (Å²) in [6.07, 6.45) is 1.90. The second-order valence-corrected chi connectivity index (χ2v) is 4.58. The van der Waals surface area contributed by atoms with Crippen molar-refractivity contribution in [1.82, 2.24) is 24.8 Å². The molecule has 84 valence electrons. The van der Waals surface area contributed by atoms with Crippen LogP contribution >= 0.6 is 23.4 Å². The van der Waals surface area contributed by atoms with Gasteiger partial charge in [0.05, 0.1) is 0 Å². The summed E-state index contributed by atoms with van der Waals surface area (Å²) in [6.45, 7) is 0. The Morgan fingerprint density at radius 2 is 1.94 bits per heavy atom. The minimum absolute atomic E-state index is 0.375. The van der Waals surface area contributed by atoms with E-state index in [0.29, 0.717) is 5.15 Å². The Balaban J connectivity index is 1.97. The molecule has 0 N–H and O–H groups in total. The van der Waals surface area contributed by atoms with Gasteiger partial charge in [-0.3, -0.25) is 4.40 Å². The van der Waals surface area contributed by atoms with Gasteiger partial charge in [0.1, 0.15) is 5.03 Å². The third-order valence-corrected chi connectivity index (χ3v) is 3.18. The van der Waals surface area contributed by atoms with Crippen molar-refractivity contribution in [3.8, 4) is 0 Å². The molecule has 0 atom stereocenters. The molecule has 0 amide bonds. The molecule has 17 heavy (non-hydrogen) atoms. The molecule has 3 aromatic heterocycles. The van der Waals surface area contributed by atoms with Crippen molar-refractivity contribution in [2.45, 2.75) is 10.2 Å². The molecule has 0 saturated carbocycles. The molecule has 3 aromatic rings. The lowest BCUT2D eigenvalue weighted by atomic mass is 10.5. The highest BCUT2D eigenvalue weighted by molar-refractivity contribution is 7.99. The monoisotopic (exact) mass is 263 g/mol. The van der Waals surface area contributed by atoms with Gasteiger partial charge in [0.15, 0.2) is 10.8 Å². The normalized spacial score (nSPS) is 10.9. The van der Waals surface area contributed by atoms with Gasteiger partial charge >= 0.3 is 0 Å². The Kier molecular flexibility index (Phi) is 2.66. The van der Waals surface area contributed by atoms with Gasteiger partial charge in [-0.15, -0.1) is 20.4 Å². The van der Waals surface area contributed by atoms with Crippen LogP contribution in [0.2, 0.25) is 5.15 Å². The molecule has 0 unspecified atom stereocenters. The maximum atomic E-state index is 5.67. The van der Waals surface area contributed by atoms with Gasteiger partial charge in [-0.25, -0.2) is 0 Å².